The zero-order valence-electron chi connectivity index (χ0n) is 15.3. The second-order valence-electron chi connectivity index (χ2n) is 6.97. The Morgan fingerprint density at radius 1 is 0.524 bits per heavy atom. The average molecular weight is 296 g/mol. The van der Waals surface area contributed by atoms with Crippen LogP contribution in [0.5, 0.6) is 0 Å². The van der Waals surface area contributed by atoms with E-state index in [0.717, 1.165) is 12.3 Å². The molecular weight excluding hydrogens is 252 g/mol. The Labute approximate surface area is 136 Å². The standard InChI is InChI=1S/C21H43/c1-4-7-9-11-13-14-16-18-20-21(6-3)19-17-15-12-10-8-5-2/h21H,3-20H2,1-2H3. The molecule has 1 atom stereocenters. The molecule has 0 spiro atoms. The number of hydrogen-bond acceptors (Lipinski definition) is 0. The highest BCUT2D eigenvalue weighted by molar-refractivity contribution is 4.62. The summed E-state index contributed by atoms with van der Waals surface area (Å²) < 4.78 is 0. The van der Waals surface area contributed by atoms with E-state index >= 15 is 0 Å². The van der Waals surface area contributed by atoms with Crippen molar-refractivity contribution in [3.63, 3.8) is 0 Å². The first kappa shape index (κ1) is 21.0. The Morgan fingerprint density at radius 3 is 1.19 bits per heavy atom. The monoisotopic (exact) mass is 295 g/mol. The normalized spacial score (nSPS) is 12.7. The number of rotatable bonds is 17. The fourth-order valence-electron chi connectivity index (χ4n) is 3.21. The Hall–Kier alpha value is 0. The Kier molecular flexibility index (Phi) is 18.1. The van der Waals surface area contributed by atoms with Crippen LogP contribution >= 0.6 is 0 Å². The second kappa shape index (κ2) is 18.1. The summed E-state index contributed by atoms with van der Waals surface area (Å²) in [6.45, 7) is 8.75. The van der Waals surface area contributed by atoms with E-state index in [0.29, 0.717) is 0 Å². The van der Waals surface area contributed by atoms with Gasteiger partial charge in [-0.3, -0.25) is 0 Å². The fraction of sp³-hybridized carbons (Fsp3) is 0.952. The van der Waals surface area contributed by atoms with E-state index < -0.39 is 0 Å². The second-order valence-corrected chi connectivity index (χ2v) is 6.97. The van der Waals surface area contributed by atoms with E-state index in [1.165, 1.54) is 103 Å². The molecule has 0 bridgehead atoms. The van der Waals surface area contributed by atoms with Crippen molar-refractivity contribution in [2.45, 2.75) is 123 Å². The molecule has 0 aliphatic heterocycles. The van der Waals surface area contributed by atoms with Gasteiger partial charge < -0.3 is 0 Å². The lowest BCUT2D eigenvalue weighted by molar-refractivity contribution is 0.404. The molecule has 0 aliphatic carbocycles. The van der Waals surface area contributed by atoms with Gasteiger partial charge in [-0.05, 0) is 5.92 Å². The van der Waals surface area contributed by atoms with E-state index in [9.17, 15) is 0 Å². The van der Waals surface area contributed by atoms with Crippen molar-refractivity contribution in [3.05, 3.63) is 6.92 Å². The maximum absolute atomic E-state index is 4.16. The van der Waals surface area contributed by atoms with Crippen molar-refractivity contribution in [2.75, 3.05) is 0 Å². The number of hydrogen-bond donors (Lipinski definition) is 0. The van der Waals surface area contributed by atoms with Crippen LogP contribution in [-0.2, 0) is 0 Å². The predicted molar refractivity (Wildman–Crippen MR) is 98.7 cm³/mol. The Balaban J connectivity index is 3.28. The molecule has 0 aromatic carbocycles. The Morgan fingerprint density at radius 2 is 0.857 bits per heavy atom. The third kappa shape index (κ3) is 16.2. The summed E-state index contributed by atoms with van der Waals surface area (Å²) in [6, 6.07) is 0. The van der Waals surface area contributed by atoms with Crippen molar-refractivity contribution in [1.82, 2.24) is 0 Å². The van der Waals surface area contributed by atoms with Crippen LogP contribution in [0.3, 0.4) is 0 Å². The zero-order chi connectivity index (χ0) is 15.6. The van der Waals surface area contributed by atoms with Crippen LogP contribution in [0.1, 0.15) is 123 Å². The third-order valence-electron chi connectivity index (χ3n) is 4.84. The van der Waals surface area contributed by atoms with E-state index in [1.54, 1.807) is 0 Å². The molecule has 0 heteroatoms. The van der Waals surface area contributed by atoms with Crippen LogP contribution in [0.15, 0.2) is 0 Å². The van der Waals surface area contributed by atoms with Gasteiger partial charge in [0.05, 0.1) is 0 Å². The maximum Gasteiger partial charge on any atom is -0.0414 e. The molecule has 1 radical (unpaired) electrons. The molecule has 0 aromatic heterocycles. The van der Waals surface area contributed by atoms with Crippen molar-refractivity contribution in [2.24, 2.45) is 5.92 Å². The van der Waals surface area contributed by atoms with E-state index in [4.69, 9.17) is 0 Å². The van der Waals surface area contributed by atoms with Crippen molar-refractivity contribution < 1.29 is 0 Å². The zero-order valence-corrected chi connectivity index (χ0v) is 15.3. The molecule has 0 aliphatic rings. The highest BCUT2D eigenvalue weighted by atomic mass is 14.1. The van der Waals surface area contributed by atoms with Gasteiger partial charge in [-0.15, -0.1) is 0 Å². The maximum atomic E-state index is 4.16. The van der Waals surface area contributed by atoms with Gasteiger partial charge in [0, 0.05) is 0 Å². The van der Waals surface area contributed by atoms with Crippen LogP contribution in [-0.4, -0.2) is 0 Å². The molecule has 0 saturated carbocycles. The summed E-state index contributed by atoms with van der Waals surface area (Å²) in [5.74, 6) is 0.913. The molecule has 0 N–H and O–H groups in total. The minimum Gasteiger partial charge on any atom is -0.0654 e. The third-order valence-corrected chi connectivity index (χ3v) is 4.84. The SMILES string of the molecule is [CH2]CC(CCCCCCCC)CCCCCCCCCC. The highest BCUT2D eigenvalue weighted by Crippen LogP contribution is 2.21. The van der Waals surface area contributed by atoms with Crippen molar-refractivity contribution >= 4 is 0 Å². The van der Waals surface area contributed by atoms with Crippen LogP contribution in [0, 0.1) is 12.8 Å². The summed E-state index contributed by atoms with van der Waals surface area (Å²) >= 11 is 0. The molecule has 0 amide bonds. The van der Waals surface area contributed by atoms with Gasteiger partial charge in [0.15, 0.2) is 0 Å². The smallest absolute Gasteiger partial charge is 0.0414 e. The molecule has 0 rings (SSSR count). The van der Waals surface area contributed by atoms with Crippen LogP contribution in [0.4, 0.5) is 0 Å². The largest absolute Gasteiger partial charge is 0.0654 e. The summed E-state index contributed by atoms with van der Waals surface area (Å²) in [6.07, 6.45) is 24.2. The van der Waals surface area contributed by atoms with Gasteiger partial charge in [-0.2, -0.15) is 0 Å². The van der Waals surface area contributed by atoms with Crippen LogP contribution < -0.4 is 0 Å². The van der Waals surface area contributed by atoms with Crippen LogP contribution in [0.25, 0.3) is 0 Å². The van der Waals surface area contributed by atoms with Crippen molar-refractivity contribution in [1.29, 1.82) is 0 Å². The lowest BCUT2D eigenvalue weighted by Crippen LogP contribution is -1.99. The summed E-state index contributed by atoms with van der Waals surface area (Å²) in [5.41, 5.74) is 0. The molecule has 21 heavy (non-hydrogen) atoms. The molecule has 1 unspecified atom stereocenters. The summed E-state index contributed by atoms with van der Waals surface area (Å²) in [4.78, 5) is 0. The summed E-state index contributed by atoms with van der Waals surface area (Å²) in [5, 5.41) is 0. The topological polar surface area (TPSA) is 0 Å². The van der Waals surface area contributed by atoms with E-state index in [2.05, 4.69) is 20.8 Å². The molecule has 0 fully saturated rings. The molecule has 0 heterocycles. The van der Waals surface area contributed by atoms with Gasteiger partial charge in [-0.25, -0.2) is 0 Å². The molecule has 0 aromatic rings. The quantitative estimate of drug-likeness (QED) is 0.238. The minimum atomic E-state index is 0.913. The fourth-order valence-corrected chi connectivity index (χ4v) is 3.21. The number of unbranched alkanes of at least 4 members (excludes halogenated alkanes) is 12. The lowest BCUT2D eigenvalue weighted by atomic mass is 9.92. The van der Waals surface area contributed by atoms with Crippen LogP contribution in [0.2, 0.25) is 0 Å². The van der Waals surface area contributed by atoms with E-state index in [-0.39, 0.29) is 0 Å². The van der Waals surface area contributed by atoms with E-state index in [1.807, 2.05) is 0 Å². The molecule has 0 nitrogen and oxygen atoms in total. The first-order valence-electron chi connectivity index (χ1n) is 10.1. The first-order chi connectivity index (χ1) is 10.3. The molecular formula is C21H43. The van der Waals surface area contributed by atoms with Gasteiger partial charge >= 0.3 is 0 Å². The van der Waals surface area contributed by atoms with Gasteiger partial charge in [0.2, 0.25) is 0 Å². The predicted octanol–water partition coefficient (Wildman–Crippen LogP) is 8.11. The van der Waals surface area contributed by atoms with Gasteiger partial charge in [0.25, 0.3) is 0 Å². The lowest BCUT2D eigenvalue weighted by Gasteiger charge is -2.14. The molecule has 127 valence electrons. The van der Waals surface area contributed by atoms with Gasteiger partial charge in [0.1, 0.15) is 0 Å². The Bertz CT molecular complexity index is 173. The molecule has 0 saturated heterocycles. The highest BCUT2D eigenvalue weighted by Gasteiger charge is 2.05. The minimum absolute atomic E-state index is 0.913. The first-order valence-corrected chi connectivity index (χ1v) is 10.1. The average Bonchev–Trinajstić information content (AvgIpc) is 2.51. The van der Waals surface area contributed by atoms with Gasteiger partial charge in [-0.1, -0.05) is 130 Å². The van der Waals surface area contributed by atoms with Crippen molar-refractivity contribution in [3.8, 4) is 0 Å². The summed E-state index contributed by atoms with van der Waals surface area (Å²) in [7, 11) is 0.